The fraction of sp³-hybridized carbons (Fsp3) is 0.286. The van der Waals surface area contributed by atoms with E-state index in [2.05, 4.69) is 4.99 Å². The van der Waals surface area contributed by atoms with Gasteiger partial charge in [0.2, 0.25) is 5.75 Å². The molecule has 0 saturated carbocycles. The average Bonchev–Trinajstić information content (AvgIpc) is 3.12. The van der Waals surface area contributed by atoms with E-state index >= 15 is 0 Å². The Labute approximate surface area is 171 Å². The lowest BCUT2D eigenvalue weighted by molar-refractivity contribution is 0.324. The second-order valence-electron chi connectivity index (χ2n) is 6.49. The van der Waals surface area contributed by atoms with Crippen LogP contribution in [0.2, 0.25) is 0 Å². The zero-order chi connectivity index (χ0) is 21.1. The molecule has 0 fully saturated rings. The van der Waals surface area contributed by atoms with Crippen LogP contribution in [-0.2, 0) is 0 Å². The molecular formula is C21H22F2N2O3S. The van der Waals surface area contributed by atoms with Gasteiger partial charge in [0.05, 0.1) is 27.0 Å². The molecule has 0 bridgehead atoms. The maximum absolute atomic E-state index is 14.1. The van der Waals surface area contributed by atoms with Crippen molar-refractivity contribution in [3.05, 3.63) is 52.1 Å². The van der Waals surface area contributed by atoms with Crippen molar-refractivity contribution in [1.82, 2.24) is 4.57 Å². The molecule has 0 amide bonds. The molecule has 0 saturated heterocycles. The van der Waals surface area contributed by atoms with Crippen LogP contribution < -0.4 is 19.0 Å². The molecule has 0 radical (unpaired) electrons. The predicted octanol–water partition coefficient (Wildman–Crippen LogP) is 5.33. The summed E-state index contributed by atoms with van der Waals surface area (Å²) in [6, 6.07) is 7.09. The van der Waals surface area contributed by atoms with Gasteiger partial charge in [0.15, 0.2) is 22.1 Å². The monoisotopic (exact) mass is 420 g/mol. The molecule has 8 heteroatoms. The smallest absolute Gasteiger partial charge is 0.203 e. The van der Waals surface area contributed by atoms with Gasteiger partial charge in [-0.3, -0.25) is 0 Å². The predicted molar refractivity (Wildman–Crippen MR) is 109 cm³/mol. The number of benzene rings is 2. The molecule has 154 valence electrons. The summed E-state index contributed by atoms with van der Waals surface area (Å²) >= 11 is 1.37. The molecule has 3 rings (SSSR count). The van der Waals surface area contributed by atoms with E-state index in [0.717, 1.165) is 17.3 Å². The van der Waals surface area contributed by atoms with E-state index in [1.165, 1.54) is 23.5 Å². The summed E-state index contributed by atoms with van der Waals surface area (Å²) in [5, 5.41) is 1.93. The van der Waals surface area contributed by atoms with Crippen LogP contribution in [0.4, 0.5) is 14.5 Å². The van der Waals surface area contributed by atoms with Crippen LogP contribution in [0.1, 0.15) is 19.9 Å². The molecule has 0 aliphatic rings. The van der Waals surface area contributed by atoms with E-state index in [1.54, 1.807) is 21.3 Å². The molecule has 0 unspecified atom stereocenters. The summed E-state index contributed by atoms with van der Waals surface area (Å²) in [4.78, 5) is 5.01. The first-order valence-corrected chi connectivity index (χ1v) is 9.77. The van der Waals surface area contributed by atoms with Crippen molar-refractivity contribution >= 4 is 17.0 Å². The van der Waals surface area contributed by atoms with E-state index in [-0.39, 0.29) is 11.7 Å². The number of hydrogen-bond acceptors (Lipinski definition) is 5. The number of nitrogens with zero attached hydrogens (tertiary/aromatic N) is 2. The van der Waals surface area contributed by atoms with Crippen LogP contribution in [0, 0.1) is 11.6 Å². The molecule has 0 N–H and O–H groups in total. The Bertz CT molecular complexity index is 1060. The first kappa shape index (κ1) is 20.9. The van der Waals surface area contributed by atoms with Gasteiger partial charge in [0.25, 0.3) is 0 Å². The Kier molecular flexibility index (Phi) is 6.22. The zero-order valence-corrected chi connectivity index (χ0v) is 17.6. The maximum Gasteiger partial charge on any atom is 0.203 e. The van der Waals surface area contributed by atoms with Gasteiger partial charge in [-0.1, -0.05) is 0 Å². The fourth-order valence-corrected chi connectivity index (χ4v) is 4.06. The highest BCUT2D eigenvalue weighted by molar-refractivity contribution is 7.07. The average molecular weight is 420 g/mol. The Morgan fingerprint density at radius 3 is 2.14 bits per heavy atom. The highest BCUT2D eigenvalue weighted by atomic mass is 32.1. The molecule has 1 heterocycles. The fourth-order valence-electron chi connectivity index (χ4n) is 3.02. The first-order chi connectivity index (χ1) is 13.9. The molecular weight excluding hydrogens is 398 g/mol. The van der Waals surface area contributed by atoms with E-state index in [4.69, 9.17) is 14.2 Å². The number of thiazole rings is 1. The van der Waals surface area contributed by atoms with Gasteiger partial charge < -0.3 is 18.8 Å². The van der Waals surface area contributed by atoms with Crippen LogP contribution in [-0.4, -0.2) is 25.9 Å². The maximum atomic E-state index is 14.1. The summed E-state index contributed by atoms with van der Waals surface area (Å²) < 4.78 is 45.6. The number of methoxy groups -OCH3 is 3. The van der Waals surface area contributed by atoms with Crippen molar-refractivity contribution in [1.29, 1.82) is 0 Å². The number of ether oxygens (including phenoxy) is 3. The van der Waals surface area contributed by atoms with Crippen molar-refractivity contribution in [2.24, 2.45) is 4.99 Å². The van der Waals surface area contributed by atoms with Gasteiger partial charge in [-0.15, -0.1) is 11.3 Å². The van der Waals surface area contributed by atoms with Crippen LogP contribution in [0.5, 0.6) is 17.2 Å². The van der Waals surface area contributed by atoms with E-state index in [0.29, 0.717) is 22.0 Å². The molecule has 5 nitrogen and oxygen atoms in total. The van der Waals surface area contributed by atoms with Gasteiger partial charge in [-0.25, -0.2) is 13.8 Å². The van der Waals surface area contributed by atoms with Crippen molar-refractivity contribution in [3.63, 3.8) is 0 Å². The molecule has 0 atom stereocenters. The number of hydrogen-bond donors (Lipinski definition) is 0. The van der Waals surface area contributed by atoms with Crippen LogP contribution in [0.25, 0.3) is 11.3 Å². The quantitative estimate of drug-likeness (QED) is 0.541. The Morgan fingerprint density at radius 1 is 0.966 bits per heavy atom. The molecule has 29 heavy (non-hydrogen) atoms. The summed E-state index contributed by atoms with van der Waals surface area (Å²) in [5.41, 5.74) is 1.79. The van der Waals surface area contributed by atoms with Gasteiger partial charge in [-0.2, -0.15) is 0 Å². The summed E-state index contributed by atoms with van der Waals surface area (Å²) in [6.07, 6.45) is 0. The van der Waals surface area contributed by atoms with Crippen molar-refractivity contribution in [3.8, 4) is 28.5 Å². The Balaban J connectivity index is 2.21. The molecule has 1 aromatic heterocycles. The lowest BCUT2D eigenvalue weighted by Crippen LogP contribution is -2.18. The van der Waals surface area contributed by atoms with Gasteiger partial charge in [0.1, 0.15) is 11.5 Å². The zero-order valence-electron chi connectivity index (χ0n) is 16.8. The minimum absolute atomic E-state index is 0.0394. The van der Waals surface area contributed by atoms with Crippen LogP contribution in [0.15, 0.2) is 40.7 Å². The van der Waals surface area contributed by atoms with Gasteiger partial charge >= 0.3 is 0 Å². The Hall–Kier alpha value is -2.87. The molecule has 3 aromatic rings. The number of halogens is 2. The third-order valence-corrected chi connectivity index (χ3v) is 5.18. The SMILES string of the molecule is COc1cc(-c2csc(=Nc3ccc(F)cc3F)n2C(C)C)cc(OC)c1OC. The largest absolute Gasteiger partial charge is 0.493 e. The lowest BCUT2D eigenvalue weighted by Gasteiger charge is -2.17. The normalized spacial score (nSPS) is 11.8. The molecule has 0 spiro atoms. The Morgan fingerprint density at radius 2 is 1.62 bits per heavy atom. The summed E-state index contributed by atoms with van der Waals surface area (Å²) in [6.45, 7) is 4.02. The highest BCUT2D eigenvalue weighted by Gasteiger charge is 2.18. The van der Waals surface area contributed by atoms with Crippen LogP contribution in [0.3, 0.4) is 0 Å². The van der Waals surface area contributed by atoms with E-state index < -0.39 is 11.6 Å². The number of rotatable bonds is 6. The third-order valence-electron chi connectivity index (χ3n) is 4.34. The molecule has 2 aromatic carbocycles. The second-order valence-corrected chi connectivity index (χ2v) is 7.33. The highest BCUT2D eigenvalue weighted by Crippen LogP contribution is 2.41. The van der Waals surface area contributed by atoms with Gasteiger partial charge in [0, 0.05) is 23.1 Å². The topological polar surface area (TPSA) is 45.0 Å². The first-order valence-electron chi connectivity index (χ1n) is 8.89. The summed E-state index contributed by atoms with van der Waals surface area (Å²) in [7, 11) is 4.67. The third kappa shape index (κ3) is 4.12. The minimum atomic E-state index is -0.706. The second kappa shape index (κ2) is 8.65. The number of aromatic nitrogens is 1. The minimum Gasteiger partial charge on any atom is -0.493 e. The van der Waals surface area contributed by atoms with Gasteiger partial charge in [-0.05, 0) is 38.1 Å². The van der Waals surface area contributed by atoms with Crippen molar-refractivity contribution < 1.29 is 23.0 Å². The summed E-state index contributed by atoms with van der Waals surface area (Å²) in [5.74, 6) is 0.228. The lowest BCUT2D eigenvalue weighted by atomic mass is 10.1. The van der Waals surface area contributed by atoms with E-state index in [1.807, 2.05) is 35.9 Å². The standard InChI is InChI=1S/C21H22F2N2O3S/c1-12(2)25-17(13-8-18(26-3)20(28-5)19(9-13)27-4)11-29-21(25)24-16-7-6-14(22)10-15(16)23/h6-12H,1-5H3. The molecule has 0 aliphatic heterocycles. The van der Waals surface area contributed by atoms with E-state index in [9.17, 15) is 8.78 Å². The van der Waals surface area contributed by atoms with Crippen LogP contribution >= 0.6 is 11.3 Å². The molecule has 0 aliphatic carbocycles. The van der Waals surface area contributed by atoms with Crippen molar-refractivity contribution in [2.45, 2.75) is 19.9 Å². The van der Waals surface area contributed by atoms with Crippen molar-refractivity contribution in [2.75, 3.05) is 21.3 Å².